The Balaban J connectivity index is 1.87. The normalized spacial score (nSPS) is 17.2. The molecule has 1 aromatic carbocycles. The fourth-order valence-electron chi connectivity index (χ4n) is 2.86. The molecule has 0 spiro atoms. The fourth-order valence-corrected chi connectivity index (χ4v) is 3.47. The SMILES string of the molecule is Clc1ccc(C2(CNc3ncccn3)CCOCC2)c(Cl)c1. The van der Waals surface area contributed by atoms with Crippen LogP contribution in [0.3, 0.4) is 0 Å². The van der Waals surface area contributed by atoms with Crippen LogP contribution in [0.2, 0.25) is 10.0 Å². The van der Waals surface area contributed by atoms with Crippen LogP contribution in [-0.2, 0) is 10.2 Å². The number of anilines is 1. The van der Waals surface area contributed by atoms with Gasteiger partial charge in [0, 0.05) is 47.6 Å². The zero-order valence-corrected chi connectivity index (χ0v) is 13.6. The van der Waals surface area contributed by atoms with E-state index in [4.69, 9.17) is 27.9 Å². The summed E-state index contributed by atoms with van der Waals surface area (Å²) in [6.45, 7) is 2.15. The quantitative estimate of drug-likeness (QED) is 0.917. The molecular weight excluding hydrogens is 321 g/mol. The van der Waals surface area contributed by atoms with E-state index in [0.29, 0.717) is 22.5 Å². The number of ether oxygens (including phenoxy) is 1. The minimum Gasteiger partial charge on any atom is -0.381 e. The Kier molecular flexibility index (Phi) is 4.81. The van der Waals surface area contributed by atoms with Gasteiger partial charge in [0.15, 0.2) is 0 Å². The van der Waals surface area contributed by atoms with Crippen molar-refractivity contribution in [1.82, 2.24) is 9.97 Å². The van der Waals surface area contributed by atoms with Crippen LogP contribution in [0, 0.1) is 0 Å². The first-order valence-electron chi connectivity index (χ1n) is 7.24. The van der Waals surface area contributed by atoms with Gasteiger partial charge in [-0.2, -0.15) is 0 Å². The van der Waals surface area contributed by atoms with Crippen LogP contribution in [0.1, 0.15) is 18.4 Å². The van der Waals surface area contributed by atoms with E-state index in [9.17, 15) is 0 Å². The number of halogens is 2. The summed E-state index contributed by atoms with van der Waals surface area (Å²) in [5.74, 6) is 0.624. The van der Waals surface area contributed by atoms with Crippen LogP contribution in [0.15, 0.2) is 36.7 Å². The van der Waals surface area contributed by atoms with Crippen LogP contribution < -0.4 is 5.32 Å². The van der Waals surface area contributed by atoms with Crippen molar-refractivity contribution in [1.29, 1.82) is 0 Å². The predicted molar refractivity (Wildman–Crippen MR) is 88.7 cm³/mol. The Morgan fingerprint density at radius 1 is 1.14 bits per heavy atom. The summed E-state index contributed by atoms with van der Waals surface area (Å²) in [4.78, 5) is 8.43. The monoisotopic (exact) mass is 337 g/mol. The van der Waals surface area contributed by atoms with Gasteiger partial charge in [-0.05, 0) is 36.6 Å². The molecule has 1 aliphatic heterocycles. The van der Waals surface area contributed by atoms with Gasteiger partial charge < -0.3 is 10.1 Å². The number of hydrogen-bond acceptors (Lipinski definition) is 4. The second kappa shape index (κ2) is 6.82. The second-order valence-corrected chi connectivity index (χ2v) is 6.29. The lowest BCUT2D eigenvalue weighted by atomic mass is 9.74. The molecule has 1 aromatic heterocycles. The highest BCUT2D eigenvalue weighted by Gasteiger charge is 2.36. The molecule has 0 atom stereocenters. The molecule has 4 nitrogen and oxygen atoms in total. The summed E-state index contributed by atoms with van der Waals surface area (Å²) >= 11 is 12.5. The smallest absolute Gasteiger partial charge is 0.222 e. The van der Waals surface area contributed by atoms with Gasteiger partial charge in [-0.15, -0.1) is 0 Å². The Morgan fingerprint density at radius 3 is 2.55 bits per heavy atom. The van der Waals surface area contributed by atoms with E-state index < -0.39 is 0 Å². The van der Waals surface area contributed by atoms with Crippen LogP contribution in [0.5, 0.6) is 0 Å². The zero-order valence-electron chi connectivity index (χ0n) is 12.1. The Labute approximate surface area is 139 Å². The van der Waals surface area contributed by atoms with E-state index in [0.717, 1.165) is 31.6 Å². The molecule has 1 N–H and O–H groups in total. The van der Waals surface area contributed by atoms with E-state index >= 15 is 0 Å². The van der Waals surface area contributed by atoms with Crippen molar-refractivity contribution in [3.63, 3.8) is 0 Å². The first-order chi connectivity index (χ1) is 10.7. The van der Waals surface area contributed by atoms with Crippen molar-refractivity contribution in [3.05, 3.63) is 52.3 Å². The largest absolute Gasteiger partial charge is 0.381 e. The summed E-state index contributed by atoms with van der Waals surface area (Å²) in [5, 5.41) is 4.67. The Hall–Kier alpha value is -1.36. The van der Waals surface area contributed by atoms with Crippen molar-refractivity contribution in [3.8, 4) is 0 Å². The molecule has 0 radical (unpaired) electrons. The fraction of sp³-hybridized carbons (Fsp3) is 0.375. The van der Waals surface area contributed by atoms with Gasteiger partial charge in [-0.25, -0.2) is 9.97 Å². The molecule has 3 rings (SSSR count). The van der Waals surface area contributed by atoms with Gasteiger partial charge in [-0.1, -0.05) is 29.3 Å². The molecular formula is C16H17Cl2N3O. The predicted octanol–water partition coefficient (Wildman–Crippen LogP) is 3.94. The standard InChI is InChI=1S/C16H17Cl2N3O/c17-12-2-3-13(14(18)10-12)16(4-8-22-9-5-16)11-21-15-19-6-1-7-20-15/h1-3,6-7,10H,4-5,8-9,11H2,(H,19,20,21). The molecule has 2 aromatic rings. The molecule has 6 heteroatoms. The minimum absolute atomic E-state index is 0.0981. The number of nitrogens with one attached hydrogen (secondary N) is 1. The van der Waals surface area contributed by atoms with Crippen molar-refractivity contribution >= 4 is 29.2 Å². The van der Waals surface area contributed by atoms with E-state index in [2.05, 4.69) is 15.3 Å². The maximum absolute atomic E-state index is 6.45. The summed E-state index contributed by atoms with van der Waals surface area (Å²) in [7, 11) is 0. The molecule has 2 heterocycles. The summed E-state index contributed by atoms with van der Waals surface area (Å²) in [6.07, 6.45) is 5.24. The van der Waals surface area contributed by atoms with E-state index in [1.807, 2.05) is 12.1 Å². The van der Waals surface area contributed by atoms with Crippen molar-refractivity contribution in [2.24, 2.45) is 0 Å². The van der Waals surface area contributed by atoms with Crippen LogP contribution in [-0.4, -0.2) is 29.7 Å². The lowest BCUT2D eigenvalue weighted by Gasteiger charge is -2.38. The summed E-state index contributed by atoms with van der Waals surface area (Å²) in [5.41, 5.74) is 1.00. The highest BCUT2D eigenvalue weighted by molar-refractivity contribution is 6.35. The first-order valence-corrected chi connectivity index (χ1v) is 7.99. The van der Waals surface area contributed by atoms with Crippen molar-refractivity contribution in [2.75, 3.05) is 25.1 Å². The highest BCUT2D eigenvalue weighted by Crippen LogP contribution is 2.39. The lowest BCUT2D eigenvalue weighted by Crippen LogP contribution is -2.40. The Bertz CT molecular complexity index is 631. The topological polar surface area (TPSA) is 47.0 Å². The maximum atomic E-state index is 6.45. The minimum atomic E-state index is -0.0981. The third-order valence-electron chi connectivity index (χ3n) is 4.10. The van der Waals surface area contributed by atoms with Gasteiger partial charge in [0.25, 0.3) is 0 Å². The van der Waals surface area contributed by atoms with Gasteiger partial charge in [-0.3, -0.25) is 0 Å². The first kappa shape index (κ1) is 15.5. The molecule has 0 bridgehead atoms. The zero-order chi connectivity index (χ0) is 15.4. The number of aromatic nitrogens is 2. The van der Waals surface area contributed by atoms with Crippen molar-refractivity contribution < 1.29 is 4.74 Å². The molecule has 0 aliphatic carbocycles. The Morgan fingerprint density at radius 2 is 1.86 bits per heavy atom. The van der Waals surface area contributed by atoms with Gasteiger partial charge in [0.1, 0.15) is 0 Å². The van der Waals surface area contributed by atoms with Crippen LogP contribution in [0.4, 0.5) is 5.95 Å². The van der Waals surface area contributed by atoms with Crippen molar-refractivity contribution in [2.45, 2.75) is 18.3 Å². The lowest BCUT2D eigenvalue weighted by molar-refractivity contribution is 0.0544. The molecule has 0 unspecified atom stereocenters. The molecule has 0 amide bonds. The summed E-state index contributed by atoms with van der Waals surface area (Å²) < 4.78 is 5.53. The molecule has 1 saturated heterocycles. The number of rotatable bonds is 4. The van der Waals surface area contributed by atoms with Gasteiger partial charge >= 0.3 is 0 Å². The average Bonchev–Trinajstić information content (AvgIpc) is 2.55. The average molecular weight is 338 g/mol. The summed E-state index contributed by atoms with van der Waals surface area (Å²) in [6, 6.07) is 7.50. The third-order valence-corrected chi connectivity index (χ3v) is 4.65. The van der Waals surface area contributed by atoms with E-state index in [1.165, 1.54) is 0 Å². The van der Waals surface area contributed by atoms with E-state index in [-0.39, 0.29) is 5.41 Å². The van der Waals surface area contributed by atoms with E-state index in [1.54, 1.807) is 24.5 Å². The number of benzene rings is 1. The molecule has 0 saturated carbocycles. The maximum Gasteiger partial charge on any atom is 0.222 e. The molecule has 22 heavy (non-hydrogen) atoms. The van der Waals surface area contributed by atoms with Crippen LogP contribution >= 0.6 is 23.2 Å². The highest BCUT2D eigenvalue weighted by atomic mass is 35.5. The molecule has 116 valence electrons. The number of hydrogen-bond donors (Lipinski definition) is 1. The third kappa shape index (κ3) is 3.35. The van der Waals surface area contributed by atoms with Gasteiger partial charge in [0.05, 0.1) is 0 Å². The van der Waals surface area contributed by atoms with Crippen LogP contribution in [0.25, 0.3) is 0 Å². The number of nitrogens with zero attached hydrogens (tertiary/aromatic N) is 2. The second-order valence-electron chi connectivity index (χ2n) is 5.44. The molecule has 1 aliphatic rings. The van der Waals surface area contributed by atoms with Gasteiger partial charge in [0.2, 0.25) is 5.95 Å². The molecule has 1 fully saturated rings.